The lowest BCUT2D eigenvalue weighted by atomic mass is 10.7. The highest BCUT2D eigenvalue weighted by molar-refractivity contribution is 5.75. The van der Waals surface area contributed by atoms with E-state index in [9.17, 15) is 0 Å². The summed E-state index contributed by atoms with van der Waals surface area (Å²) in [5.41, 5.74) is 10.1. The normalized spacial score (nSPS) is 6.92. The van der Waals surface area contributed by atoms with Crippen LogP contribution in [0.4, 0.5) is 0 Å². The van der Waals surface area contributed by atoms with Gasteiger partial charge in [0.1, 0.15) is 23.8 Å². The van der Waals surface area contributed by atoms with E-state index in [1.807, 2.05) is 13.8 Å². The quantitative estimate of drug-likeness (QED) is 0.204. The van der Waals surface area contributed by atoms with E-state index in [1.54, 1.807) is 7.05 Å². The summed E-state index contributed by atoms with van der Waals surface area (Å²) in [7, 11) is 1.55. The van der Waals surface area contributed by atoms with Crippen molar-refractivity contribution < 1.29 is 0 Å². The Morgan fingerprint density at radius 2 is 1.83 bits per heavy atom. The maximum absolute atomic E-state index is 5.04. The Kier molecular flexibility index (Phi) is 13.5. The molecule has 0 amide bonds. The van der Waals surface area contributed by atoms with Crippen molar-refractivity contribution in [1.29, 1.82) is 0 Å². The number of aliphatic imine (C=N–C) groups is 1. The molecule has 0 aromatic carbocycles. The largest absolute Gasteiger partial charge is 0.370 e. The van der Waals surface area contributed by atoms with Crippen LogP contribution in [0.25, 0.3) is 0 Å². The van der Waals surface area contributed by atoms with Crippen LogP contribution in [-0.2, 0) is 0 Å². The Balaban J connectivity index is 0. The molecule has 0 rings (SSSR count). The van der Waals surface area contributed by atoms with E-state index >= 15 is 0 Å². The van der Waals surface area contributed by atoms with Gasteiger partial charge in [0.15, 0.2) is 5.96 Å². The molecule has 0 saturated carbocycles. The fourth-order valence-corrected chi connectivity index (χ4v) is 0.332. The summed E-state index contributed by atoms with van der Waals surface area (Å²) < 4.78 is 0. The maximum atomic E-state index is 5.04. The highest BCUT2D eigenvalue weighted by atomic mass is 15.2. The Morgan fingerprint density at radius 3 is 2.25 bits per heavy atom. The number of hydrogen-bond donors (Lipinski definition) is 2. The van der Waals surface area contributed by atoms with Gasteiger partial charge >= 0.3 is 0 Å². The zero-order chi connectivity index (χ0) is 9.82. The average Bonchev–Trinajstić information content (AvgIpc) is 2.07. The number of guanidine groups is 1. The van der Waals surface area contributed by atoms with Crippen LogP contribution >= 0.6 is 0 Å². The molecule has 0 atom stereocenters. The van der Waals surface area contributed by atoms with E-state index in [0.717, 1.165) is 0 Å². The molecule has 0 aliphatic rings. The molecule has 0 bridgehead atoms. The first-order valence-corrected chi connectivity index (χ1v) is 3.78. The molecule has 0 radical (unpaired) electrons. The minimum atomic E-state index is 0.0728. The van der Waals surface area contributed by atoms with Crippen molar-refractivity contribution in [1.82, 2.24) is 4.91 Å². The van der Waals surface area contributed by atoms with Crippen molar-refractivity contribution in [2.24, 2.45) is 26.7 Å². The lowest BCUT2D eigenvalue weighted by molar-refractivity contribution is 0.855. The van der Waals surface area contributed by atoms with Crippen molar-refractivity contribution >= 4 is 5.96 Å². The SMILES string of the molecule is CC.CN=[N+]=NCCN=C(N)N. The summed E-state index contributed by atoms with van der Waals surface area (Å²) in [6.07, 6.45) is 0. The highest BCUT2D eigenvalue weighted by Crippen LogP contribution is 1.68. The molecular weight excluding hydrogens is 156 g/mol. The van der Waals surface area contributed by atoms with Crippen molar-refractivity contribution in [3.05, 3.63) is 0 Å². The molecular formula is C6H17N6+. The van der Waals surface area contributed by atoms with Crippen LogP contribution in [0.2, 0.25) is 0 Å². The van der Waals surface area contributed by atoms with Crippen LogP contribution in [0, 0.1) is 0 Å². The van der Waals surface area contributed by atoms with Crippen LogP contribution in [0.1, 0.15) is 13.8 Å². The number of nitrogens with two attached hydrogens (primary N) is 2. The second-order valence-electron chi connectivity index (χ2n) is 1.46. The molecule has 0 heterocycles. The fraction of sp³-hybridized carbons (Fsp3) is 0.833. The summed E-state index contributed by atoms with van der Waals surface area (Å²) in [5, 5.41) is 7.00. The van der Waals surface area contributed by atoms with Gasteiger partial charge < -0.3 is 11.5 Å². The molecule has 4 N–H and O–H groups in total. The monoisotopic (exact) mass is 173 g/mol. The minimum absolute atomic E-state index is 0.0728. The van der Waals surface area contributed by atoms with E-state index in [0.29, 0.717) is 13.1 Å². The number of nitrogens with zero attached hydrogens (tertiary/aromatic N) is 4. The molecule has 0 aliphatic heterocycles. The third-order valence-electron chi connectivity index (χ3n) is 0.647. The zero-order valence-electron chi connectivity index (χ0n) is 7.86. The maximum Gasteiger partial charge on any atom is 0.216 e. The molecule has 0 saturated heterocycles. The van der Waals surface area contributed by atoms with Gasteiger partial charge in [0.05, 0.1) is 6.54 Å². The van der Waals surface area contributed by atoms with E-state index < -0.39 is 0 Å². The third kappa shape index (κ3) is 15.8. The molecule has 70 valence electrons. The molecule has 0 aliphatic carbocycles. The van der Waals surface area contributed by atoms with Gasteiger partial charge in [-0.15, -0.1) is 0 Å². The number of hydrogen-bond acceptors (Lipinski definition) is 3. The molecule has 0 unspecified atom stereocenters. The molecule has 6 nitrogen and oxygen atoms in total. The first-order chi connectivity index (χ1) is 5.77. The summed E-state index contributed by atoms with van der Waals surface area (Å²) in [6.45, 7) is 4.93. The van der Waals surface area contributed by atoms with Crippen molar-refractivity contribution in [3.8, 4) is 0 Å². The molecule has 0 aromatic heterocycles. The first kappa shape index (κ1) is 13.2. The summed E-state index contributed by atoms with van der Waals surface area (Å²) in [4.78, 5) is 7.04. The predicted molar refractivity (Wildman–Crippen MR) is 49.8 cm³/mol. The summed E-state index contributed by atoms with van der Waals surface area (Å²) in [6, 6.07) is 0. The van der Waals surface area contributed by atoms with Gasteiger partial charge in [0, 0.05) is 0 Å². The van der Waals surface area contributed by atoms with Gasteiger partial charge in [-0.2, -0.15) is 0 Å². The van der Waals surface area contributed by atoms with Crippen LogP contribution in [0.3, 0.4) is 0 Å². The van der Waals surface area contributed by atoms with Gasteiger partial charge in [0.2, 0.25) is 4.91 Å². The van der Waals surface area contributed by atoms with Crippen LogP contribution < -0.4 is 16.4 Å². The van der Waals surface area contributed by atoms with Crippen molar-refractivity contribution in [3.63, 3.8) is 0 Å². The molecule has 0 fully saturated rings. The topological polar surface area (TPSA) is 103 Å². The second-order valence-corrected chi connectivity index (χ2v) is 1.46. The molecule has 6 heteroatoms. The van der Waals surface area contributed by atoms with Crippen LogP contribution in [0.5, 0.6) is 0 Å². The van der Waals surface area contributed by atoms with E-state index in [4.69, 9.17) is 11.5 Å². The highest BCUT2D eigenvalue weighted by Gasteiger charge is 1.85. The first-order valence-electron chi connectivity index (χ1n) is 3.78. The second kappa shape index (κ2) is 12.3. The van der Waals surface area contributed by atoms with E-state index in [2.05, 4.69) is 20.1 Å². The van der Waals surface area contributed by atoms with Gasteiger partial charge in [-0.05, 0) is 0 Å². The Hall–Kier alpha value is -1.42. The number of rotatable bonds is 3. The van der Waals surface area contributed by atoms with Gasteiger partial charge in [-0.3, -0.25) is 4.99 Å². The Labute approximate surface area is 72.5 Å². The molecule has 0 aromatic rings. The van der Waals surface area contributed by atoms with Crippen LogP contribution in [-0.4, -0.2) is 26.1 Å². The lowest BCUT2D eigenvalue weighted by Gasteiger charge is -1.84. The van der Waals surface area contributed by atoms with Crippen molar-refractivity contribution in [2.45, 2.75) is 13.8 Å². The molecule has 12 heavy (non-hydrogen) atoms. The van der Waals surface area contributed by atoms with E-state index in [-0.39, 0.29) is 5.96 Å². The minimum Gasteiger partial charge on any atom is -0.370 e. The van der Waals surface area contributed by atoms with Gasteiger partial charge in [-0.1, -0.05) is 13.8 Å². The summed E-state index contributed by atoms with van der Waals surface area (Å²) >= 11 is 0. The standard InChI is InChI=1S/C4H11N6.C2H6/c1-7-10-9-3-2-8-4(5)6;1-2/h2-3H2,1H3,(H4,5,6,8);1-2H3/q+1;. The van der Waals surface area contributed by atoms with Crippen LogP contribution in [0.15, 0.2) is 15.2 Å². The van der Waals surface area contributed by atoms with Crippen molar-refractivity contribution in [2.75, 3.05) is 20.1 Å². The predicted octanol–water partition coefficient (Wildman–Crippen LogP) is -0.113. The van der Waals surface area contributed by atoms with E-state index in [1.165, 1.54) is 0 Å². The Morgan fingerprint density at radius 1 is 1.25 bits per heavy atom. The fourth-order valence-electron chi connectivity index (χ4n) is 0.332. The average molecular weight is 173 g/mol. The lowest BCUT2D eigenvalue weighted by Crippen LogP contribution is -2.23. The smallest absolute Gasteiger partial charge is 0.216 e. The third-order valence-corrected chi connectivity index (χ3v) is 0.647. The zero-order valence-corrected chi connectivity index (χ0v) is 7.86. The Bertz CT molecular complexity index is 163. The van der Waals surface area contributed by atoms with Gasteiger partial charge in [0.25, 0.3) is 0 Å². The van der Waals surface area contributed by atoms with Gasteiger partial charge in [-0.25, -0.2) is 0 Å². The summed E-state index contributed by atoms with van der Waals surface area (Å²) in [5.74, 6) is 0.0728. The molecule has 0 spiro atoms.